The van der Waals surface area contributed by atoms with Gasteiger partial charge < -0.3 is 9.47 Å². The largest absolute Gasteiger partial charge is 0.490 e. The second-order valence-corrected chi connectivity index (χ2v) is 7.20. The summed E-state index contributed by atoms with van der Waals surface area (Å²) in [5, 5.41) is 0. The number of para-hydroxylation sites is 3. The number of nitrogens with zero attached hydrogens (tertiary/aromatic N) is 2. The number of imidazole rings is 1. The predicted molar refractivity (Wildman–Crippen MR) is 125 cm³/mol. The van der Waals surface area contributed by atoms with Gasteiger partial charge in [0.1, 0.15) is 5.82 Å². The molecule has 0 unspecified atom stereocenters. The van der Waals surface area contributed by atoms with E-state index in [-0.39, 0.29) is 6.61 Å². The molecule has 3 aromatic carbocycles. The maximum atomic E-state index is 12.5. The summed E-state index contributed by atoms with van der Waals surface area (Å²) in [5.41, 5.74) is 7.72. The fraction of sp³-hybridized carbons (Fsp3) is 0.160. The van der Waals surface area contributed by atoms with Crippen LogP contribution >= 0.6 is 0 Å². The highest BCUT2D eigenvalue weighted by Crippen LogP contribution is 2.26. The van der Waals surface area contributed by atoms with Gasteiger partial charge in [0.15, 0.2) is 18.1 Å². The normalized spacial score (nSPS) is 10.6. The number of nitrogens with one attached hydrogen (secondary N) is 2. The maximum absolute atomic E-state index is 12.5. The van der Waals surface area contributed by atoms with Crippen LogP contribution in [0.25, 0.3) is 16.7 Å². The molecule has 0 spiro atoms. The number of fused-ring (bicyclic) bond motifs is 1. The van der Waals surface area contributed by atoms with Crippen LogP contribution in [0.4, 0.5) is 0 Å². The van der Waals surface area contributed by atoms with Crippen molar-refractivity contribution in [3.63, 3.8) is 0 Å². The van der Waals surface area contributed by atoms with Crippen LogP contribution < -0.4 is 20.3 Å². The lowest BCUT2D eigenvalue weighted by Crippen LogP contribution is -2.43. The van der Waals surface area contributed by atoms with Gasteiger partial charge in [-0.15, -0.1) is 0 Å². The Kier molecular flexibility index (Phi) is 6.54. The molecule has 0 atom stereocenters. The Labute approximate surface area is 191 Å². The molecule has 33 heavy (non-hydrogen) atoms. The summed E-state index contributed by atoms with van der Waals surface area (Å²) in [7, 11) is 0. The van der Waals surface area contributed by atoms with Gasteiger partial charge in [0, 0.05) is 11.3 Å². The molecule has 0 aliphatic heterocycles. The van der Waals surface area contributed by atoms with Crippen molar-refractivity contribution in [3.05, 3.63) is 84.2 Å². The number of hydrogen-bond acceptors (Lipinski definition) is 5. The molecule has 8 heteroatoms. The molecule has 0 fully saturated rings. The minimum atomic E-state index is -0.500. The molecule has 0 saturated carbocycles. The quantitative estimate of drug-likeness (QED) is 0.425. The van der Waals surface area contributed by atoms with E-state index in [1.54, 1.807) is 30.3 Å². The predicted octanol–water partition coefficient (Wildman–Crippen LogP) is 3.57. The standard InChI is InChI=1S/C25H24N4O4/c1-3-32-22-11-7-8-12-23(22)33-16-24(30)27-28-25(31)18-13-14-21-20(15-18)26-17(2)29(21)19-9-5-4-6-10-19/h4-15H,3,16H2,1-2H3,(H,27,30)(H,28,31). The Balaban J connectivity index is 1.39. The number of carbonyl (C=O) groups excluding carboxylic acids is 2. The molecule has 0 bridgehead atoms. The molecule has 2 N–H and O–H groups in total. The van der Waals surface area contributed by atoms with Gasteiger partial charge in [-0.05, 0) is 56.3 Å². The lowest BCUT2D eigenvalue weighted by molar-refractivity contribution is -0.123. The van der Waals surface area contributed by atoms with Crippen LogP contribution in [0, 0.1) is 6.92 Å². The van der Waals surface area contributed by atoms with Gasteiger partial charge in [0.05, 0.1) is 17.6 Å². The number of hydrazine groups is 1. The smallest absolute Gasteiger partial charge is 0.276 e. The molecular formula is C25H24N4O4. The molecule has 2 amide bonds. The fourth-order valence-electron chi connectivity index (χ4n) is 3.47. The summed E-state index contributed by atoms with van der Waals surface area (Å²) in [6.45, 7) is 3.99. The summed E-state index contributed by atoms with van der Waals surface area (Å²) in [6, 6.07) is 22.2. The number of amides is 2. The highest BCUT2D eigenvalue weighted by molar-refractivity contribution is 5.98. The van der Waals surface area contributed by atoms with Crippen molar-refractivity contribution in [2.75, 3.05) is 13.2 Å². The van der Waals surface area contributed by atoms with Crippen LogP contribution in [-0.4, -0.2) is 34.6 Å². The van der Waals surface area contributed by atoms with Crippen molar-refractivity contribution in [3.8, 4) is 17.2 Å². The third-order valence-corrected chi connectivity index (χ3v) is 4.92. The van der Waals surface area contributed by atoms with Crippen molar-refractivity contribution in [2.24, 2.45) is 0 Å². The fourth-order valence-corrected chi connectivity index (χ4v) is 3.47. The van der Waals surface area contributed by atoms with Crippen LogP contribution in [0.3, 0.4) is 0 Å². The number of aromatic nitrogens is 2. The number of ether oxygens (including phenoxy) is 2. The summed E-state index contributed by atoms with van der Waals surface area (Å²) in [5.74, 6) is 0.865. The van der Waals surface area contributed by atoms with Crippen LogP contribution in [0.1, 0.15) is 23.1 Å². The SMILES string of the molecule is CCOc1ccccc1OCC(=O)NNC(=O)c1ccc2c(c1)nc(C)n2-c1ccccc1. The Hall–Kier alpha value is -4.33. The zero-order chi connectivity index (χ0) is 23.2. The average molecular weight is 444 g/mol. The molecule has 1 aromatic heterocycles. The first-order valence-corrected chi connectivity index (χ1v) is 10.5. The Bertz CT molecular complexity index is 1280. The molecule has 0 radical (unpaired) electrons. The number of carbonyl (C=O) groups is 2. The lowest BCUT2D eigenvalue weighted by Gasteiger charge is -2.12. The summed E-state index contributed by atoms with van der Waals surface area (Å²) in [6.07, 6.45) is 0. The molecule has 4 aromatic rings. The van der Waals surface area contributed by atoms with Gasteiger partial charge in [0.2, 0.25) is 0 Å². The van der Waals surface area contributed by atoms with E-state index < -0.39 is 11.8 Å². The first kappa shape index (κ1) is 21.9. The zero-order valence-electron chi connectivity index (χ0n) is 18.4. The Morgan fingerprint density at radius 1 is 0.909 bits per heavy atom. The van der Waals surface area contributed by atoms with Crippen LogP contribution in [-0.2, 0) is 4.79 Å². The highest BCUT2D eigenvalue weighted by Gasteiger charge is 2.14. The van der Waals surface area contributed by atoms with Crippen molar-refractivity contribution >= 4 is 22.8 Å². The lowest BCUT2D eigenvalue weighted by atomic mass is 10.2. The Morgan fingerprint density at radius 2 is 1.61 bits per heavy atom. The van der Waals surface area contributed by atoms with Gasteiger partial charge in [-0.3, -0.25) is 25.0 Å². The third kappa shape index (κ3) is 4.95. The first-order chi connectivity index (χ1) is 16.1. The van der Waals surface area contributed by atoms with Crippen LogP contribution in [0.15, 0.2) is 72.8 Å². The van der Waals surface area contributed by atoms with Crippen molar-refractivity contribution in [1.29, 1.82) is 0 Å². The van der Waals surface area contributed by atoms with E-state index >= 15 is 0 Å². The van der Waals surface area contributed by atoms with E-state index in [1.807, 2.05) is 60.9 Å². The van der Waals surface area contributed by atoms with Gasteiger partial charge in [-0.1, -0.05) is 30.3 Å². The van der Waals surface area contributed by atoms with Gasteiger partial charge in [-0.2, -0.15) is 0 Å². The molecule has 0 saturated heterocycles. The number of aryl methyl sites for hydroxylation is 1. The van der Waals surface area contributed by atoms with Crippen molar-refractivity contribution < 1.29 is 19.1 Å². The van der Waals surface area contributed by atoms with E-state index in [4.69, 9.17) is 9.47 Å². The summed E-state index contributed by atoms with van der Waals surface area (Å²) >= 11 is 0. The van der Waals surface area contributed by atoms with E-state index in [2.05, 4.69) is 15.8 Å². The second kappa shape index (κ2) is 9.86. The van der Waals surface area contributed by atoms with Gasteiger partial charge in [0.25, 0.3) is 11.8 Å². The van der Waals surface area contributed by atoms with Crippen molar-refractivity contribution in [2.45, 2.75) is 13.8 Å². The van der Waals surface area contributed by atoms with E-state index in [0.29, 0.717) is 29.2 Å². The topological polar surface area (TPSA) is 94.5 Å². The molecular weight excluding hydrogens is 420 g/mol. The van der Waals surface area contributed by atoms with E-state index in [0.717, 1.165) is 17.0 Å². The number of hydrogen-bond donors (Lipinski definition) is 2. The number of benzene rings is 3. The van der Waals surface area contributed by atoms with E-state index in [9.17, 15) is 9.59 Å². The highest BCUT2D eigenvalue weighted by atomic mass is 16.5. The summed E-state index contributed by atoms with van der Waals surface area (Å²) in [4.78, 5) is 29.3. The average Bonchev–Trinajstić information content (AvgIpc) is 3.17. The molecule has 0 aliphatic rings. The second-order valence-electron chi connectivity index (χ2n) is 7.20. The molecule has 8 nitrogen and oxygen atoms in total. The van der Waals surface area contributed by atoms with Crippen LogP contribution in [0.5, 0.6) is 11.5 Å². The monoisotopic (exact) mass is 444 g/mol. The van der Waals surface area contributed by atoms with Gasteiger partial charge >= 0.3 is 0 Å². The van der Waals surface area contributed by atoms with Crippen LogP contribution in [0.2, 0.25) is 0 Å². The zero-order valence-corrected chi connectivity index (χ0v) is 18.4. The minimum Gasteiger partial charge on any atom is -0.490 e. The minimum absolute atomic E-state index is 0.274. The summed E-state index contributed by atoms with van der Waals surface area (Å²) < 4.78 is 13.0. The number of rotatable bonds is 7. The molecule has 0 aliphatic carbocycles. The molecule has 4 rings (SSSR count). The van der Waals surface area contributed by atoms with E-state index in [1.165, 1.54) is 0 Å². The van der Waals surface area contributed by atoms with Crippen molar-refractivity contribution in [1.82, 2.24) is 20.4 Å². The first-order valence-electron chi connectivity index (χ1n) is 10.5. The third-order valence-electron chi connectivity index (χ3n) is 4.92. The maximum Gasteiger partial charge on any atom is 0.276 e. The molecule has 168 valence electrons. The van der Waals surface area contributed by atoms with Gasteiger partial charge in [-0.25, -0.2) is 4.98 Å². The molecule has 1 heterocycles. The Morgan fingerprint density at radius 3 is 2.33 bits per heavy atom.